The maximum absolute atomic E-state index is 11.9. The van der Waals surface area contributed by atoms with E-state index in [1.54, 1.807) is 24.3 Å². The Morgan fingerprint density at radius 3 is 2.57 bits per heavy atom. The van der Waals surface area contributed by atoms with Crippen LogP contribution in [-0.4, -0.2) is 18.4 Å². The van der Waals surface area contributed by atoms with Crippen LogP contribution in [0.4, 0.5) is 5.69 Å². The lowest BCUT2D eigenvalue weighted by atomic mass is 10.2. The van der Waals surface area contributed by atoms with Gasteiger partial charge in [0.25, 0.3) is 5.91 Å². The van der Waals surface area contributed by atoms with Crippen molar-refractivity contribution in [1.82, 2.24) is 5.32 Å². The summed E-state index contributed by atoms with van der Waals surface area (Å²) in [7, 11) is 0. The fourth-order valence-corrected chi connectivity index (χ4v) is 2.07. The highest BCUT2D eigenvalue weighted by Crippen LogP contribution is 2.22. The zero-order valence-electron chi connectivity index (χ0n) is 11.8. The van der Waals surface area contributed by atoms with Crippen LogP contribution in [-0.2, 0) is 4.79 Å². The van der Waals surface area contributed by atoms with Crippen molar-refractivity contribution in [3.63, 3.8) is 0 Å². The molecule has 0 aliphatic heterocycles. The summed E-state index contributed by atoms with van der Waals surface area (Å²) >= 11 is 11.6. The molecule has 0 radical (unpaired) electrons. The molecule has 0 bridgehead atoms. The number of halogens is 2. The van der Waals surface area contributed by atoms with Crippen LogP contribution in [0.2, 0.25) is 10.0 Å². The topological polar surface area (TPSA) is 82.0 Å². The summed E-state index contributed by atoms with van der Waals surface area (Å²) in [6, 6.07) is 12.9. The second-order valence-electron chi connectivity index (χ2n) is 4.55. The molecule has 0 aliphatic rings. The van der Waals surface area contributed by atoms with Gasteiger partial charge in [-0.25, -0.2) is 0 Å². The molecule has 0 spiro atoms. The largest absolute Gasteiger partial charge is 0.343 e. The third-order valence-electron chi connectivity index (χ3n) is 2.87. The van der Waals surface area contributed by atoms with Gasteiger partial charge in [-0.1, -0.05) is 29.3 Å². The van der Waals surface area contributed by atoms with Gasteiger partial charge in [-0.05, 0) is 36.4 Å². The molecular weight excluding hydrogens is 337 g/mol. The molecule has 0 unspecified atom stereocenters. The van der Waals surface area contributed by atoms with Crippen LogP contribution < -0.4 is 10.6 Å². The lowest BCUT2D eigenvalue weighted by Gasteiger charge is -2.08. The minimum atomic E-state index is -0.440. The standard InChI is InChI=1S/C16H11Cl2N3O2/c17-13-5-4-11(7-14(13)18)16(23)20-9-15(22)21-12-3-1-2-10(6-12)8-19/h1-7H,9H2,(H,20,23)(H,21,22). The molecule has 2 aromatic carbocycles. The van der Waals surface area contributed by atoms with Gasteiger partial charge in [0.05, 0.1) is 28.2 Å². The molecule has 0 saturated carbocycles. The molecule has 2 rings (SSSR count). The number of anilines is 1. The summed E-state index contributed by atoms with van der Waals surface area (Å²) in [6.07, 6.45) is 0. The average Bonchev–Trinajstić information content (AvgIpc) is 2.55. The van der Waals surface area contributed by atoms with Gasteiger partial charge < -0.3 is 10.6 Å². The SMILES string of the molecule is N#Cc1cccc(NC(=O)CNC(=O)c2ccc(Cl)c(Cl)c2)c1. The first-order valence-electron chi connectivity index (χ1n) is 6.53. The molecule has 5 nitrogen and oxygen atoms in total. The molecule has 0 aliphatic carbocycles. The van der Waals surface area contributed by atoms with E-state index in [1.165, 1.54) is 18.2 Å². The highest BCUT2D eigenvalue weighted by Gasteiger charge is 2.10. The monoisotopic (exact) mass is 347 g/mol. The number of nitriles is 1. The van der Waals surface area contributed by atoms with Crippen molar-refractivity contribution in [2.75, 3.05) is 11.9 Å². The minimum absolute atomic E-state index is 0.212. The van der Waals surface area contributed by atoms with Crippen molar-refractivity contribution >= 4 is 40.7 Å². The average molecular weight is 348 g/mol. The molecule has 0 saturated heterocycles. The lowest BCUT2D eigenvalue weighted by Crippen LogP contribution is -2.32. The number of benzene rings is 2. The first-order chi connectivity index (χ1) is 11.0. The summed E-state index contributed by atoms with van der Waals surface area (Å²) in [5, 5.41) is 14.5. The molecular formula is C16H11Cl2N3O2. The Morgan fingerprint density at radius 1 is 1.09 bits per heavy atom. The Bertz CT molecular complexity index is 800. The molecule has 0 aromatic heterocycles. The molecule has 7 heteroatoms. The maximum atomic E-state index is 11.9. The Balaban J connectivity index is 1.92. The van der Waals surface area contributed by atoms with E-state index in [0.29, 0.717) is 21.8 Å². The predicted molar refractivity (Wildman–Crippen MR) is 88.6 cm³/mol. The van der Waals surface area contributed by atoms with Gasteiger partial charge in [0.15, 0.2) is 0 Å². The number of nitrogens with one attached hydrogen (secondary N) is 2. The smallest absolute Gasteiger partial charge is 0.251 e. The zero-order chi connectivity index (χ0) is 16.8. The van der Waals surface area contributed by atoms with E-state index in [-0.39, 0.29) is 11.6 Å². The van der Waals surface area contributed by atoms with Gasteiger partial charge in [0, 0.05) is 11.3 Å². The predicted octanol–water partition coefficient (Wildman–Crippen LogP) is 3.23. The number of hydrogen-bond donors (Lipinski definition) is 2. The fraction of sp³-hybridized carbons (Fsp3) is 0.0625. The molecule has 2 amide bonds. The third-order valence-corrected chi connectivity index (χ3v) is 3.61. The van der Waals surface area contributed by atoms with Crippen LogP contribution in [0.25, 0.3) is 0 Å². The normalized spacial score (nSPS) is 9.78. The Morgan fingerprint density at radius 2 is 1.87 bits per heavy atom. The second kappa shape index (κ2) is 7.63. The van der Waals surface area contributed by atoms with Crippen LogP contribution in [0, 0.1) is 11.3 Å². The lowest BCUT2D eigenvalue weighted by molar-refractivity contribution is -0.115. The van der Waals surface area contributed by atoms with E-state index in [2.05, 4.69) is 10.6 Å². The Kier molecular flexibility index (Phi) is 5.58. The summed E-state index contributed by atoms with van der Waals surface area (Å²) in [6.45, 7) is -0.212. The molecule has 0 heterocycles. The molecule has 0 atom stereocenters. The van der Waals surface area contributed by atoms with Gasteiger partial charge in [0.2, 0.25) is 5.91 Å². The molecule has 2 N–H and O–H groups in total. The van der Waals surface area contributed by atoms with Crippen LogP contribution >= 0.6 is 23.2 Å². The van der Waals surface area contributed by atoms with Crippen molar-refractivity contribution < 1.29 is 9.59 Å². The fourth-order valence-electron chi connectivity index (χ4n) is 1.77. The summed E-state index contributed by atoms with van der Waals surface area (Å²) < 4.78 is 0. The van der Waals surface area contributed by atoms with E-state index in [0.717, 1.165) is 0 Å². The van der Waals surface area contributed by atoms with Crippen LogP contribution in [0.15, 0.2) is 42.5 Å². The Labute approximate surface area is 142 Å². The third kappa shape index (κ3) is 4.71. The minimum Gasteiger partial charge on any atom is -0.343 e. The van der Waals surface area contributed by atoms with Gasteiger partial charge in [0.1, 0.15) is 0 Å². The van der Waals surface area contributed by atoms with Crippen molar-refractivity contribution in [3.05, 3.63) is 63.6 Å². The first kappa shape index (κ1) is 16.8. The van der Waals surface area contributed by atoms with Crippen molar-refractivity contribution in [2.24, 2.45) is 0 Å². The summed E-state index contributed by atoms with van der Waals surface area (Å²) in [5.41, 5.74) is 1.22. The van der Waals surface area contributed by atoms with E-state index >= 15 is 0 Å². The van der Waals surface area contributed by atoms with Crippen molar-refractivity contribution in [2.45, 2.75) is 0 Å². The molecule has 0 fully saturated rings. The van der Waals surface area contributed by atoms with Crippen molar-refractivity contribution in [3.8, 4) is 6.07 Å². The molecule has 116 valence electrons. The number of carbonyl (C=O) groups excluding carboxylic acids is 2. The van der Waals surface area contributed by atoms with E-state index < -0.39 is 11.8 Å². The van der Waals surface area contributed by atoms with Crippen molar-refractivity contribution in [1.29, 1.82) is 5.26 Å². The highest BCUT2D eigenvalue weighted by atomic mass is 35.5. The van der Waals surface area contributed by atoms with Crippen LogP contribution in [0.1, 0.15) is 15.9 Å². The van der Waals surface area contributed by atoms with E-state index in [1.807, 2.05) is 6.07 Å². The highest BCUT2D eigenvalue weighted by molar-refractivity contribution is 6.42. The number of rotatable bonds is 4. The van der Waals surface area contributed by atoms with Crippen LogP contribution in [0.5, 0.6) is 0 Å². The number of nitrogens with zero attached hydrogens (tertiary/aromatic N) is 1. The summed E-state index contributed by atoms with van der Waals surface area (Å²) in [4.78, 5) is 23.7. The molecule has 2 aromatic rings. The second-order valence-corrected chi connectivity index (χ2v) is 5.37. The maximum Gasteiger partial charge on any atom is 0.251 e. The zero-order valence-corrected chi connectivity index (χ0v) is 13.3. The Hall–Kier alpha value is -2.55. The number of hydrogen-bond acceptors (Lipinski definition) is 3. The van der Waals surface area contributed by atoms with Gasteiger partial charge in [-0.2, -0.15) is 5.26 Å². The number of carbonyl (C=O) groups is 2. The molecule has 23 heavy (non-hydrogen) atoms. The number of amides is 2. The first-order valence-corrected chi connectivity index (χ1v) is 7.28. The van der Waals surface area contributed by atoms with Gasteiger partial charge >= 0.3 is 0 Å². The van der Waals surface area contributed by atoms with Gasteiger partial charge in [-0.3, -0.25) is 9.59 Å². The van der Waals surface area contributed by atoms with Gasteiger partial charge in [-0.15, -0.1) is 0 Å². The van der Waals surface area contributed by atoms with E-state index in [4.69, 9.17) is 28.5 Å². The van der Waals surface area contributed by atoms with E-state index in [9.17, 15) is 9.59 Å². The summed E-state index contributed by atoms with van der Waals surface area (Å²) in [5.74, 6) is -0.849. The quantitative estimate of drug-likeness (QED) is 0.890. The van der Waals surface area contributed by atoms with Crippen LogP contribution in [0.3, 0.4) is 0 Å².